The molecule has 2 N–H and O–H groups in total. The van der Waals surface area contributed by atoms with Crippen molar-refractivity contribution < 1.29 is 9.00 Å². The van der Waals surface area contributed by atoms with Gasteiger partial charge in [0.15, 0.2) is 11.0 Å². The molecule has 0 amide bonds. The first kappa shape index (κ1) is 9.09. The molecule has 0 fully saturated rings. The molecule has 0 aromatic heterocycles. The number of aryl methyl sites for hydroxylation is 1. The van der Waals surface area contributed by atoms with Crippen LogP contribution in [-0.2, 0) is 11.0 Å². The van der Waals surface area contributed by atoms with E-state index in [1.807, 2.05) is 6.92 Å². The van der Waals surface area contributed by atoms with Gasteiger partial charge in [-0.15, -0.1) is 0 Å². The summed E-state index contributed by atoms with van der Waals surface area (Å²) in [6, 6.07) is 6.78. The first-order valence-corrected chi connectivity index (χ1v) is 4.59. The molecule has 1 unspecified atom stereocenters. The summed E-state index contributed by atoms with van der Waals surface area (Å²) >= 11 is 0. The molecule has 1 aromatic rings. The normalized spacial score (nSPS) is 12.5. The van der Waals surface area contributed by atoms with Crippen molar-refractivity contribution in [2.75, 3.05) is 0 Å². The Morgan fingerprint density at radius 1 is 1.33 bits per heavy atom. The minimum atomic E-state index is -1.91. The van der Waals surface area contributed by atoms with Gasteiger partial charge in [0.05, 0.1) is 0 Å². The van der Waals surface area contributed by atoms with E-state index in [4.69, 9.17) is 5.14 Å². The Bertz CT molecular complexity index is 318. The van der Waals surface area contributed by atoms with Crippen LogP contribution in [0, 0.1) is 6.92 Å². The Morgan fingerprint density at radius 2 is 1.83 bits per heavy atom. The second kappa shape index (κ2) is 3.60. The molecule has 0 heterocycles. The van der Waals surface area contributed by atoms with Crippen LogP contribution in [0.5, 0.6) is 0 Å². The number of carbonyl (C=O) groups is 1. The highest BCUT2D eigenvalue weighted by Gasteiger charge is 2.08. The van der Waals surface area contributed by atoms with Crippen LogP contribution in [0.1, 0.15) is 15.9 Å². The van der Waals surface area contributed by atoms with Crippen LogP contribution in [0.4, 0.5) is 0 Å². The smallest absolute Gasteiger partial charge is 0.264 e. The number of hydrogen-bond acceptors (Lipinski definition) is 2. The van der Waals surface area contributed by atoms with Gasteiger partial charge in [0.2, 0.25) is 0 Å². The van der Waals surface area contributed by atoms with Crippen molar-refractivity contribution in [3.05, 3.63) is 35.4 Å². The van der Waals surface area contributed by atoms with Crippen molar-refractivity contribution >= 4 is 16.1 Å². The zero-order valence-electron chi connectivity index (χ0n) is 6.61. The van der Waals surface area contributed by atoms with Gasteiger partial charge in [-0.3, -0.25) is 4.79 Å². The average Bonchev–Trinajstić information content (AvgIpc) is 2.04. The molecule has 0 radical (unpaired) electrons. The maximum Gasteiger partial charge on any atom is 0.264 e. The quantitative estimate of drug-likeness (QED) is 0.698. The number of rotatable bonds is 1. The maximum atomic E-state index is 11.0. The van der Waals surface area contributed by atoms with Crippen LogP contribution in [0.25, 0.3) is 0 Å². The zero-order chi connectivity index (χ0) is 9.14. The maximum absolute atomic E-state index is 11.0. The summed E-state index contributed by atoms with van der Waals surface area (Å²) in [6.45, 7) is 1.91. The minimum absolute atomic E-state index is 0.390. The van der Waals surface area contributed by atoms with Crippen LogP contribution in [0.2, 0.25) is 0 Å². The molecule has 0 aliphatic heterocycles. The van der Waals surface area contributed by atoms with E-state index in [2.05, 4.69) is 0 Å². The highest BCUT2D eigenvalue weighted by atomic mass is 32.2. The van der Waals surface area contributed by atoms with Gasteiger partial charge >= 0.3 is 0 Å². The second-order valence-electron chi connectivity index (χ2n) is 2.45. The van der Waals surface area contributed by atoms with Crippen molar-refractivity contribution in [3.63, 3.8) is 0 Å². The van der Waals surface area contributed by atoms with Crippen LogP contribution < -0.4 is 5.14 Å². The van der Waals surface area contributed by atoms with Crippen molar-refractivity contribution in [3.8, 4) is 0 Å². The van der Waals surface area contributed by atoms with Crippen LogP contribution in [0.3, 0.4) is 0 Å². The molecular weight excluding hydrogens is 174 g/mol. The number of benzene rings is 1. The Kier molecular flexibility index (Phi) is 2.73. The van der Waals surface area contributed by atoms with Crippen molar-refractivity contribution in [1.29, 1.82) is 0 Å². The van der Waals surface area contributed by atoms with Gasteiger partial charge in [0.1, 0.15) is 0 Å². The SMILES string of the molecule is Cc1ccc(C(=O)S(N)=O)cc1. The lowest BCUT2D eigenvalue weighted by Crippen LogP contribution is -2.15. The van der Waals surface area contributed by atoms with Crippen LogP contribution in [0.15, 0.2) is 24.3 Å². The first-order valence-electron chi connectivity index (χ1n) is 3.38. The Hall–Kier alpha value is -1.00. The summed E-state index contributed by atoms with van der Waals surface area (Å²) in [4.78, 5) is 11.0. The van der Waals surface area contributed by atoms with Gasteiger partial charge in [-0.25, -0.2) is 9.35 Å². The topological polar surface area (TPSA) is 60.2 Å². The van der Waals surface area contributed by atoms with Gasteiger partial charge in [-0.2, -0.15) is 0 Å². The van der Waals surface area contributed by atoms with Crippen molar-refractivity contribution in [2.45, 2.75) is 6.92 Å². The predicted molar refractivity (Wildman–Crippen MR) is 47.8 cm³/mol. The van der Waals surface area contributed by atoms with Gasteiger partial charge in [0.25, 0.3) is 5.12 Å². The summed E-state index contributed by atoms with van der Waals surface area (Å²) in [5, 5.41) is 4.40. The summed E-state index contributed by atoms with van der Waals surface area (Å²) in [5.74, 6) is 0. The average molecular weight is 183 g/mol. The van der Waals surface area contributed by atoms with Gasteiger partial charge in [0, 0.05) is 5.56 Å². The van der Waals surface area contributed by atoms with E-state index in [-0.39, 0.29) is 0 Å². The molecule has 1 atom stereocenters. The second-order valence-corrected chi connectivity index (χ2v) is 3.42. The lowest BCUT2D eigenvalue weighted by Gasteiger charge is -1.96. The lowest BCUT2D eigenvalue weighted by molar-refractivity contribution is 0.108. The molecule has 1 rings (SSSR count). The summed E-state index contributed by atoms with van der Waals surface area (Å²) in [5.41, 5.74) is 1.44. The van der Waals surface area contributed by atoms with Gasteiger partial charge in [-0.1, -0.05) is 29.8 Å². The zero-order valence-corrected chi connectivity index (χ0v) is 7.43. The van der Waals surface area contributed by atoms with Crippen LogP contribution in [-0.4, -0.2) is 9.32 Å². The molecular formula is C8H9NO2S. The van der Waals surface area contributed by atoms with E-state index < -0.39 is 16.1 Å². The number of nitrogens with two attached hydrogens (primary N) is 1. The molecule has 0 saturated heterocycles. The molecule has 4 heteroatoms. The third-order valence-electron chi connectivity index (χ3n) is 1.47. The summed E-state index contributed by atoms with van der Waals surface area (Å²) < 4.78 is 10.6. The minimum Gasteiger partial charge on any atom is -0.277 e. The molecule has 0 bridgehead atoms. The largest absolute Gasteiger partial charge is 0.277 e. The Balaban J connectivity index is 2.98. The molecule has 0 aliphatic carbocycles. The van der Waals surface area contributed by atoms with Crippen LogP contribution >= 0.6 is 0 Å². The molecule has 0 spiro atoms. The standard InChI is InChI=1S/C8H9NO2S/c1-6-2-4-7(5-3-6)8(10)12(9)11/h2-5H,9H2,1H3. The van der Waals surface area contributed by atoms with E-state index in [1.54, 1.807) is 24.3 Å². The third kappa shape index (κ3) is 1.99. The van der Waals surface area contributed by atoms with E-state index in [0.29, 0.717) is 5.56 Å². The van der Waals surface area contributed by atoms with Gasteiger partial charge < -0.3 is 0 Å². The van der Waals surface area contributed by atoms with E-state index in [9.17, 15) is 9.00 Å². The van der Waals surface area contributed by atoms with E-state index in [1.165, 1.54) is 0 Å². The fourth-order valence-corrected chi connectivity index (χ4v) is 1.17. The molecule has 0 aliphatic rings. The summed E-state index contributed by atoms with van der Waals surface area (Å²) in [6.07, 6.45) is 0. The fraction of sp³-hybridized carbons (Fsp3) is 0.125. The number of carbonyl (C=O) groups excluding carboxylic acids is 1. The van der Waals surface area contributed by atoms with E-state index in [0.717, 1.165) is 5.56 Å². The first-order chi connectivity index (χ1) is 5.61. The highest BCUT2D eigenvalue weighted by molar-refractivity contribution is 7.98. The summed E-state index contributed by atoms with van der Waals surface area (Å²) in [7, 11) is -1.91. The fourth-order valence-electron chi connectivity index (χ4n) is 0.806. The molecule has 0 saturated carbocycles. The van der Waals surface area contributed by atoms with E-state index >= 15 is 0 Å². The predicted octanol–water partition coefficient (Wildman–Crippen LogP) is 0.758. The molecule has 1 aromatic carbocycles. The molecule has 64 valence electrons. The lowest BCUT2D eigenvalue weighted by atomic mass is 10.2. The molecule has 12 heavy (non-hydrogen) atoms. The van der Waals surface area contributed by atoms with Crippen molar-refractivity contribution in [2.24, 2.45) is 5.14 Å². The Morgan fingerprint density at radius 3 is 2.25 bits per heavy atom. The monoisotopic (exact) mass is 183 g/mol. The Labute approximate surface area is 73.2 Å². The third-order valence-corrected chi connectivity index (χ3v) is 2.07. The van der Waals surface area contributed by atoms with Gasteiger partial charge in [-0.05, 0) is 6.92 Å². The molecule has 3 nitrogen and oxygen atoms in total. The van der Waals surface area contributed by atoms with Crippen molar-refractivity contribution in [1.82, 2.24) is 0 Å². The number of hydrogen-bond donors (Lipinski definition) is 1. The highest BCUT2D eigenvalue weighted by Crippen LogP contribution is 2.04.